The number of rotatable bonds is 5. The first-order valence-electron chi connectivity index (χ1n) is 6.97. The smallest absolute Gasteiger partial charge is 0.257 e. The molecule has 0 aliphatic rings. The predicted octanol–water partition coefficient (Wildman–Crippen LogP) is 3.21. The van der Waals surface area contributed by atoms with Crippen LogP contribution in [-0.2, 0) is 4.74 Å². The number of phenols is 2. The van der Waals surface area contributed by atoms with E-state index in [1.54, 1.807) is 26.3 Å². The van der Waals surface area contributed by atoms with Gasteiger partial charge in [-0.15, -0.1) is 0 Å². The van der Waals surface area contributed by atoms with Gasteiger partial charge < -0.3 is 19.8 Å². The van der Waals surface area contributed by atoms with Gasteiger partial charge in [0, 0.05) is 25.2 Å². The van der Waals surface area contributed by atoms with E-state index in [0.29, 0.717) is 11.6 Å². The predicted molar refractivity (Wildman–Crippen MR) is 87.9 cm³/mol. The molecule has 2 aromatic rings. The average molecular weight is 336 g/mol. The van der Waals surface area contributed by atoms with Crippen LogP contribution in [0.5, 0.6) is 11.5 Å². The SMILES string of the molecule is COC[C@H](c1ccc(Cl)cc1)N(C)C(=O)c1ccc(O)cc1O. The Bertz CT molecular complexity index is 687. The third-order valence-electron chi connectivity index (χ3n) is 3.58. The first kappa shape index (κ1) is 17.1. The van der Waals surface area contributed by atoms with Crippen LogP contribution in [0.25, 0.3) is 0 Å². The molecular weight excluding hydrogens is 318 g/mol. The summed E-state index contributed by atoms with van der Waals surface area (Å²) in [4.78, 5) is 14.1. The summed E-state index contributed by atoms with van der Waals surface area (Å²) in [6.45, 7) is 0.294. The number of aromatic hydroxyl groups is 2. The molecule has 1 amide bonds. The lowest BCUT2D eigenvalue weighted by molar-refractivity contribution is 0.0599. The molecule has 0 saturated heterocycles. The fourth-order valence-corrected chi connectivity index (χ4v) is 2.43. The maximum atomic E-state index is 12.6. The first-order valence-corrected chi connectivity index (χ1v) is 7.35. The molecule has 23 heavy (non-hydrogen) atoms. The fourth-order valence-electron chi connectivity index (χ4n) is 2.31. The van der Waals surface area contributed by atoms with Crippen LogP contribution in [0.3, 0.4) is 0 Å². The van der Waals surface area contributed by atoms with Crippen molar-refractivity contribution in [2.45, 2.75) is 6.04 Å². The maximum Gasteiger partial charge on any atom is 0.257 e. The van der Waals surface area contributed by atoms with Gasteiger partial charge in [0.15, 0.2) is 0 Å². The summed E-state index contributed by atoms with van der Waals surface area (Å²) in [5, 5.41) is 19.8. The monoisotopic (exact) mass is 335 g/mol. The molecule has 2 N–H and O–H groups in total. The van der Waals surface area contributed by atoms with Crippen LogP contribution < -0.4 is 0 Å². The molecule has 0 heterocycles. The Morgan fingerprint density at radius 1 is 1.22 bits per heavy atom. The highest BCUT2D eigenvalue weighted by atomic mass is 35.5. The largest absolute Gasteiger partial charge is 0.508 e. The molecule has 0 fully saturated rings. The molecule has 1 atom stereocenters. The van der Waals surface area contributed by atoms with Crippen molar-refractivity contribution in [2.24, 2.45) is 0 Å². The molecule has 6 heteroatoms. The Morgan fingerprint density at radius 3 is 2.43 bits per heavy atom. The number of nitrogens with zero attached hydrogens (tertiary/aromatic N) is 1. The standard InChI is InChI=1S/C17H18ClNO4/c1-19(17(22)14-8-7-13(20)9-16(14)21)15(10-23-2)11-3-5-12(18)6-4-11/h3-9,15,20-21H,10H2,1-2H3/t15-/m1/s1. The number of phenolic OH excluding ortho intramolecular Hbond substituents is 2. The van der Waals surface area contributed by atoms with Gasteiger partial charge in [-0.05, 0) is 29.8 Å². The van der Waals surface area contributed by atoms with E-state index in [2.05, 4.69) is 0 Å². The van der Waals surface area contributed by atoms with Crippen molar-refractivity contribution in [1.82, 2.24) is 4.90 Å². The highest BCUT2D eigenvalue weighted by Gasteiger charge is 2.24. The lowest BCUT2D eigenvalue weighted by Crippen LogP contribution is -2.33. The van der Waals surface area contributed by atoms with E-state index in [4.69, 9.17) is 16.3 Å². The average Bonchev–Trinajstić information content (AvgIpc) is 2.52. The summed E-state index contributed by atoms with van der Waals surface area (Å²) < 4.78 is 5.22. The van der Waals surface area contributed by atoms with Crippen molar-refractivity contribution >= 4 is 17.5 Å². The fraction of sp³-hybridized carbons (Fsp3) is 0.235. The van der Waals surface area contributed by atoms with E-state index in [1.165, 1.54) is 17.0 Å². The number of amides is 1. The molecule has 0 saturated carbocycles. The van der Waals surface area contributed by atoms with Crippen molar-refractivity contribution in [3.63, 3.8) is 0 Å². The van der Waals surface area contributed by atoms with Gasteiger partial charge in [-0.3, -0.25) is 4.79 Å². The Morgan fingerprint density at radius 2 is 1.87 bits per heavy atom. The summed E-state index contributed by atoms with van der Waals surface area (Å²) in [5.74, 6) is -0.749. The minimum absolute atomic E-state index is 0.104. The van der Waals surface area contributed by atoms with Crippen molar-refractivity contribution < 1.29 is 19.7 Å². The minimum atomic E-state index is -0.375. The summed E-state index contributed by atoms with van der Waals surface area (Å²) in [7, 11) is 3.19. The van der Waals surface area contributed by atoms with E-state index < -0.39 is 0 Å². The normalized spacial score (nSPS) is 12.0. The molecule has 2 rings (SSSR count). The molecule has 0 unspecified atom stereocenters. The molecule has 0 radical (unpaired) electrons. The molecule has 0 aliphatic carbocycles. The van der Waals surface area contributed by atoms with Crippen molar-refractivity contribution in [3.05, 3.63) is 58.6 Å². The third kappa shape index (κ3) is 3.94. The molecule has 0 aromatic heterocycles. The second-order valence-corrected chi connectivity index (χ2v) is 5.58. The van der Waals surface area contributed by atoms with Gasteiger partial charge in [0.2, 0.25) is 0 Å². The zero-order valence-corrected chi connectivity index (χ0v) is 13.6. The number of hydrogen-bond acceptors (Lipinski definition) is 4. The van der Waals surface area contributed by atoms with E-state index >= 15 is 0 Å². The van der Waals surface area contributed by atoms with Gasteiger partial charge in [-0.25, -0.2) is 0 Å². The Hall–Kier alpha value is -2.24. The Balaban J connectivity index is 2.31. The number of halogens is 1. The van der Waals surface area contributed by atoms with Crippen molar-refractivity contribution in [1.29, 1.82) is 0 Å². The molecule has 122 valence electrons. The number of hydrogen-bond donors (Lipinski definition) is 2. The Labute approximate surface area is 139 Å². The lowest BCUT2D eigenvalue weighted by Gasteiger charge is -2.28. The topological polar surface area (TPSA) is 70.0 Å². The van der Waals surface area contributed by atoms with E-state index in [9.17, 15) is 15.0 Å². The molecule has 0 spiro atoms. The second-order valence-electron chi connectivity index (χ2n) is 5.14. The quantitative estimate of drug-likeness (QED) is 0.880. The van der Waals surface area contributed by atoms with Crippen LogP contribution in [0.15, 0.2) is 42.5 Å². The van der Waals surface area contributed by atoms with Gasteiger partial charge in [0.25, 0.3) is 5.91 Å². The molecule has 5 nitrogen and oxygen atoms in total. The van der Waals surface area contributed by atoms with E-state index in [1.807, 2.05) is 12.1 Å². The van der Waals surface area contributed by atoms with Crippen LogP contribution in [-0.4, -0.2) is 41.8 Å². The highest BCUT2D eigenvalue weighted by molar-refractivity contribution is 6.30. The second kappa shape index (κ2) is 7.35. The maximum absolute atomic E-state index is 12.6. The third-order valence-corrected chi connectivity index (χ3v) is 3.83. The summed E-state index contributed by atoms with van der Waals surface area (Å²) >= 11 is 5.90. The zero-order chi connectivity index (χ0) is 17.0. The lowest BCUT2D eigenvalue weighted by atomic mass is 10.0. The van der Waals surface area contributed by atoms with Gasteiger partial charge in [-0.2, -0.15) is 0 Å². The highest BCUT2D eigenvalue weighted by Crippen LogP contribution is 2.28. The van der Waals surface area contributed by atoms with Crippen LogP contribution in [0, 0.1) is 0 Å². The van der Waals surface area contributed by atoms with Gasteiger partial charge >= 0.3 is 0 Å². The molecule has 0 aliphatic heterocycles. The number of methoxy groups -OCH3 is 1. The number of ether oxygens (including phenoxy) is 1. The van der Waals surface area contributed by atoms with Gasteiger partial charge in [-0.1, -0.05) is 23.7 Å². The summed E-state index contributed by atoms with van der Waals surface area (Å²) in [6, 6.07) is 10.7. The molecular formula is C17H18ClNO4. The van der Waals surface area contributed by atoms with Gasteiger partial charge in [0.1, 0.15) is 11.5 Å². The Kier molecular flexibility index (Phi) is 5.47. The molecule has 0 bridgehead atoms. The van der Waals surface area contributed by atoms with Crippen LogP contribution in [0.1, 0.15) is 22.0 Å². The van der Waals surface area contributed by atoms with E-state index in [-0.39, 0.29) is 29.0 Å². The van der Waals surface area contributed by atoms with Crippen LogP contribution in [0.4, 0.5) is 0 Å². The van der Waals surface area contributed by atoms with E-state index in [0.717, 1.165) is 11.6 Å². The summed E-state index contributed by atoms with van der Waals surface area (Å²) in [5.41, 5.74) is 0.978. The molecule has 2 aromatic carbocycles. The van der Waals surface area contributed by atoms with Crippen LogP contribution in [0.2, 0.25) is 5.02 Å². The van der Waals surface area contributed by atoms with Crippen molar-refractivity contribution in [3.8, 4) is 11.5 Å². The number of likely N-dealkylation sites (N-methyl/N-ethyl adjacent to an activating group) is 1. The van der Waals surface area contributed by atoms with Crippen molar-refractivity contribution in [2.75, 3.05) is 20.8 Å². The number of carbonyl (C=O) groups excluding carboxylic acids is 1. The zero-order valence-electron chi connectivity index (χ0n) is 12.9. The number of benzene rings is 2. The van der Waals surface area contributed by atoms with Crippen LogP contribution >= 0.6 is 11.6 Å². The minimum Gasteiger partial charge on any atom is -0.508 e. The van der Waals surface area contributed by atoms with Gasteiger partial charge in [0.05, 0.1) is 18.2 Å². The first-order chi connectivity index (χ1) is 10.9. The number of carbonyl (C=O) groups is 1. The summed E-state index contributed by atoms with van der Waals surface area (Å²) in [6.07, 6.45) is 0.